The maximum Gasteiger partial charge on any atom is 0.321 e. The van der Waals surface area contributed by atoms with Crippen LogP contribution in [0.5, 0.6) is 5.75 Å². The third-order valence-electron chi connectivity index (χ3n) is 4.61. The average Bonchev–Trinajstić information content (AvgIpc) is 2.65. The van der Waals surface area contributed by atoms with Crippen molar-refractivity contribution in [2.45, 2.75) is 39.1 Å². The molecule has 0 saturated carbocycles. The van der Waals surface area contributed by atoms with Crippen LogP contribution >= 0.6 is 0 Å². The summed E-state index contributed by atoms with van der Waals surface area (Å²) in [5.74, 6) is 0.0523. The molecule has 0 spiro atoms. The summed E-state index contributed by atoms with van der Waals surface area (Å²) in [6.45, 7) is 6.91. The Kier molecular flexibility index (Phi) is 7.21. The van der Waals surface area contributed by atoms with E-state index in [-0.39, 0.29) is 24.6 Å². The van der Waals surface area contributed by atoms with Gasteiger partial charge in [0.05, 0.1) is 18.6 Å². The van der Waals surface area contributed by atoms with Crippen molar-refractivity contribution in [1.29, 1.82) is 0 Å². The summed E-state index contributed by atoms with van der Waals surface area (Å²) in [5.41, 5.74) is 2.72. The zero-order valence-corrected chi connectivity index (χ0v) is 17.8. The Bertz CT molecular complexity index is 939. The normalized spacial score (nSPS) is 11.5. The number of benzene rings is 2. The lowest BCUT2D eigenvalue weighted by molar-refractivity contribution is -0.143. The van der Waals surface area contributed by atoms with Gasteiger partial charge < -0.3 is 9.47 Å². The van der Waals surface area contributed by atoms with Crippen molar-refractivity contribution in [3.8, 4) is 5.75 Å². The van der Waals surface area contributed by atoms with Gasteiger partial charge in [-0.1, -0.05) is 30.3 Å². The van der Waals surface area contributed by atoms with Crippen LogP contribution in [0.3, 0.4) is 0 Å². The third-order valence-corrected chi connectivity index (χ3v) is 6.69. The highest BCUT2D eigenvalue weighted by Gasteiger charge is 2.31. The first-order valence-electron chi connectivity index (χ1n) is 9.06. The van der Waals surface area contributed by atoms with Gasteiger partial charge in [0.25, 0.3) is 0 Å². The van der Waals surface area contributed by atoms with Gasteiger partial charge in [-0.3, -0.25) is 4.79 Å². The van der Waals surface area contributed by atoms with Crippen molar-refractivity contribution >= 4 is 16.0 Å². The topological polar surface area (TPSA) is 72.9 Å². The van der Waals surface area contributed by atoms with E-state index in [1.54, 1.807) is 33.9 Å². The lowest BCUT2D eigenvalue weighted by Crippen LogP contribution is -2.36. The number of ether oxygens (including phenoxy) is 2. The van der Waals surface area contributed by atoms with Gasteiger partial charge in [-0.05, 0) is 56.0 Å². The molecule has 6 nitrogen and oxygen atoms in total. The van der Waals surface area contributed by atoms with Crippen molar-refractivity contribution < 1.29 is 22.7 Å². The summed E-state index contributed by atoms with van der Waals surface area (Å²) in [6, 6.07) is 10.9. The largest absolute Gasteiger partial charge is 0.496 e. The molecule has 2 aromatic carbocycles. The van der Waals surface area contributed by atoms with Crippen LogP contribution in [-0.2, 0) is 26.1 Å². The molecule has 2 aromatic rings. The second-order valence-corrected chi connectivity index (χ2v) is 8.41. The Balaban J connectivity index is 2.54. The number of hydrogen-bond acceptors (Lipinski definition) is 5. The fourth-order valence-electron chi connectivity index (χ4n) is 3.12. The third kappa shape index (κ3) is 4.72. The van der Waals surface area contributed by atoms with E-state index in [2.05, 4.69) is 0 Å². The van der Waals surface area contributed by atoms with Gasteiger partial charge in [0.15, 0.2) is 0 Å². The molecule has 0 saturated heterocycles. The first kappa shape index (κ1) is 21.9. The summed E-state index contributed by atoms with van der Waals surface area (Å²) in [4.78, 5) is 12.3. The van der Waals surface area contributed by atoms with E-state index < -0.39 is 16.0 Å². The number of nitrogens with zero attached hydrogens (tertiary/aromatic N) is 1. The number of aryl methyl sites for hydroxylation is 1. The summed E-state index contributed by atoms with van der Waals surface area (Å²) in [7, 11) is -2.39. The lowest BCUT2D eigenvalue weighted by Gasteiger charge is -2.24. The van der Waals surface area contributed by atoms with E-state index in [9.17, 15) is 13.2 Å². The molecule has 0 atom stereocenters. The van der Waals surface area contributed by atoms with Crippen molar-refractivity contribution in [1.82, 2.24) is 4.31 Å². The maximum atomic E-state index is 13.5. The summed E-state index contributed by atoms with van der Waals surface area (Å²) < 4.78 is 38.6. The molecule has 0 aliphatic heterocycles. The zero-order chi connectivity index (χ0) is 20.9. The highest BCUT2D eigenvalue weighted by Crippen LogP contribution is 2.32. The molecule has 0 aromatic heterocycles. The molecule has 28 heavy (non-hydrogen) atoms. The number of carbonyl (C=O) groups excluding carboxylic acids is 1. The SMILES string of the molecule is CCOC(=O)CN(Cc1ccccc1)S(=O)(=O)c1c(C)cc(OC)c(C)c1C. The zero-order valence-electron chi connectivity index (χ0n) is 17.0. The van der Waals surface area contributed by atoms with E-state index >= 15 is 0 Å². The molecule has 0 radical (unpaired) electrons. The smallest absolute Gasteiger partial charge is 0.321 e. The van der Waals surface area contributed by atoms with E-state index in [1.807, 2.05) is 37.3 Å². The Morgan fingerprint density at radius 2 is 1.71 bits per heavy atom. The van der Waals surface area contributed by atoms with Crippen molar-refractivity contribution in [2.24, 2.45) is 0 Å². The molecular formula is C21H27NO5S. The summed E-state index contributed by atoms with van der Waals surface area (Å²) >= 11 is 0. The highest BCUT2D eigenvalue weighted by molar-refractivity contribution is 7.89. The molecule has 0 bridgehead atoms. The van der Waals surface area contributed by atoms with Crippen LogP contribution < -0.4 is 4.74 Å². The molecule has 0 amide bonds. The fraction of sp³-hybridized carbons (Fsp3) is 0.381. The predicted molar refractivity (Wildman–Crippen MR) is 108 cm³/mol. The predicted octanol–water partition coefficient (Wildman–Crippen LogP) is 3.37. The standard InChI is InChI=1S/C21H27NO5S/c1-6-27-20(23)14-22(13-18-10-8-7-9-11-18)28(24,25)21-15(2)12-19(26-5)16(3)17(21)4/h7-12H,6,13-14H2,1-5H3. The molecule has 0 N–H and O–H groups in total. The van der Waals surface area contributed by atoms with Crippen LogP contribution in [0.2, 0.25) is 0 Å². The minimum absolute atomic E-state index is 0.0753. The second-order valence-electron chi connectivity index (χ2n) is 6.54. The Labute approximate surface area is 167 Å². The molecule has 0 heterocycles. The Morgan fingerprint density at radius 1 is 1.07 bits per heavy atom. The van der Waals surface area contributed by atoms with Gasteiger partial charge in [0.2, 0.25) is 10.0 Å². The molecule has 152 valence electrons. The number of carbonyl (C=O) groups is 1. The van der Waals surface area contributed by atoms with E-state index in [0.717, 1.165) is 11.1 Å². The highest BCUT2D eigenvalue weighted by atomic mass is 32.2. The summed E-state index contributed by atoms with van der Waals surface area (Å²) in [5, 5.41) is 0. The number of sulfonamides is 1. The van der Waals surface area contributed by atoms with Crippen molar-refractivity contribution in [3.05, 3.63) is 58.7 Å². The van der Waals surface area contributed by atoms with Gasteiger partial charge in [-0.25, -0.2) is 8.42 Å². The average molecular weight is 406 g/mol. The van der Waals surface area contributed by atoms with E-state index in [1.165, 1.54) is 4.31 Å². The molecule has 0 aliphatic rings. The number of rotatable bonds is 8. The van der Waals surface area contributed by atoms with Crippen LogP contribution in [0.1, 0.15) is 29.2 Å². The van der Waals surface area contributed by atoms with Crippen LogP contribution in [0, 0.1) is 20.8 Å². The molecule has 2 rings (SSSR count). The van der Waals surface area contributed by atoms with Crippen molar-refractivity contribution in [3.63, 3.8) is 0 Å². The molecule has 7 heteroatoms. The van der Waals surface area contributed by atoms with Gasteiger partial charge in [-0.15, -0.1) is 0 Å². The minimum Gasteiger partial charge on any atom is -0.496 e. The van der Waals surface area contributed by atoms with Gasteiger partial charge in [-0.2, -0.15) is 4.31 Å². The van der Waals surface area contributed by atoms with Crippen molar-refractivity contribution in [2.75, 3.05) is 20.3 Å². The van der Waals surface area contributed by atoms with E-state index in [4.69, 9.17) is 9.47 Å². The van der Waals surface area contributed by atoms with Crippen LogP contribution in [0.25, 0.3) is 0 Å². The van der Waals surface area contributed by atoms with Crippen LogP contribution in [-0.4, -0.2) is 39.0 Å². The molecule has 0 fully saturated rings. The van der Waals surface area contributed by atoms with E-state index in [0.29, 0.717) is 16.9 Å². The quantitative estimate of drug-likeness (QED) is 0.630. The van der Waals surface area contributed by atoms with Gasteiger partial charge in [0, 0.05) is 6.54 Å². The van der Waals surface area contributed by atoms with Gasteiger partial charge in [0.1, 0.15) is 12.3 Å². The molecule has 0 aliphatic carbocycles. The number of hydrogen-bond donors (Lipinski definition) is 0. The summed E-state index contributed by atoms with van der Waals surface area (Å²) in [6.07, 6.45) is 0. The maximum absolute atomic E-state index is 13.5. The van der Waals surface area contributed by atoms with Crippen LogP contribution in [0.15, 0.2) is 41.3 Å². The van der Waals surface area contributed by atoms with Gasteiger partial charge >= 0.3 is 5.97 Å². The second kappa shape index (κ2) is 9.21. The number of esters is 1. The molecule has 0 unspecified atom stereocenters. The number of methoxy groups -OCH3 is 1. The minimum atomic E-state index is -3.94. The first-order valence-corrected chi connectivity index (χ1v) is 10.5. The molecular weight excluding hydrogens is 378 g/mol. The first-order chi connectivity index (χ1) is 13.2. The Hall–Kier alpha value is -2.38. The Morgan fingerprint density at radius 3 is 2.29 bits per heavy atom. The fourth-order valence-corrected chi connectivity index (χ4v) is 4.98. The lowest BCUT2D eigenvalue weighted by atomic mass is 10.1. The van der Waals surface area contributed by atoms with Crippen LogP contribution in [0.4, 0.5) is 0 Å². The monoisotopic (exact) mass is 405 g/mol.